The quantitative estimate of drug-likeness (QED) is 0.254. The average molecular weight is 588 g/mol. The molecule has 0 spiro atoms. The number of pyridine rings is 1. The fourth-order valence-electron chi connectivity index (χ4n) is 4.51. The third-order valence-corrected chi connectivity index (χ3v) is 7.32. The summed E-state index contributed by atoms with van der Waals surface area (Å²) in [6, 6.07) is 14.1. The lowest BCUT2D eigenvalue weighted by atomic mass is 10.0. The number of carbonyl (C=O) groups is 1. The van der Waals surface area contributed by atoms with E-state index in [0.717, 1.165) is 40.9 Å². The molecule has 2 aromatic heterocycles. The molecule has 5 rings (SSSR count). The Hall–Kier alpha value is -2.71. The largest absolute Gasteiger partial charge is 0.333 e. The van der Waals surface area contributed by atoms with Gasteiger partial charge in [-0.25, -0.2) is 14.2 Å². The number of aromatic nitrogens is 2. The van der Waals surface area contributed by atoms with Crippen LogP contribution in [0.1, 0.15) is 22.4 Å². The number of halogens is 4. The SMILES string of the molecule is O=C(NCc1ccnc(Cl)c1)n1c2c(c3cc(Br)c(F)cc31)CN(CC=Cc1ccc(Cl)cc1)CC2. The van der Waals surface area contributed by atoms with Crippen molar-refractivity contribution in [2.75, 3.05) is 13.1 Å². The number of hydrogen-bond acceptors (Lipinski definition) is 3. The van der Waals surface area contributed by atoms with Crippen LogP contribution in [0.15, 0.2) is 65.3 Å². The lowest BCUT2D eigenvalue weighted by Gasteiger charge is -2.27. The van der Waals surface area contributed by atoms with Crippen molar-refractivity contribution >= 4 is 62.1 Å². The molecule has 0 saturated heterocycles. The van der Waals surface area contributed by atoms with E-state index >= 15 is 0 Å². The van der Waals surface area contributed by atoms with Crippen molar-refractivity contribution in [2.24, 2.45) is 0 Å². The Labute approximate surface area is 226 Å². The van der Waals surface area contributed by atoms with Gasteiger partial charge < -0.3 is 5.32 Å². The summed E-state index contributed by atoms with van der Waals surface area (Å²) in [5.74, 6) is -0.407. The monoisotopic (exact) mass is 586 g/mol. The molecule has 0 unspecified atom stereocenters. The average Bonchev–Trinajstić information content (AvgIpc) is 3.16. The van der Waals surface area contributed by atoms with E-state index in [-0.39, 0.29) is 12.6 Å². The van der Waals surface area contributed by atoms with Crippen molar-refractivity contribution in [3.63, 3.8) is 0 Å². The van der Waals surface area contributed by atoms with Crippen molar-refractivity contribution in [3.8, 4) is 0 Å². The first kappa shape index (κ1) is 25.0. The molecule has 0 aliphatic carbocycles. The predicted molar refractivity (Wildman–Crippen MR) is 146 cm³/mol. The molecule has 0 fully saturated rings. The van der Waals surface area contributed by atoms with Crippen molar-refractivity contribution < 1.29 is 9.18 Å². The molecule has 0 atom stereocenters. The zero-order valence-corrected chi connectivity index (χ0v) is 22.2. The van der Waals surface area contributed by atoms with Crippen LogP contribution in [0.2, 0.25) is 10.2 Å². The van der Waals surface area contributed by atoms with E-state index in [4.69, 9.17) is 23.2 Å². The first-order valence-corrected chi connectivity index (χ1v) is 13.0. The second-order valence-electron chi connectivity index (χ2n) is 8.63. The Morgan fingerprint density at radius 2 is 1.97 bits per heavy atom. The molecule has 2 aromatic carbocycles. The van der Waals surface area contributed by atoms with E-state index < -0.39 is 5.82 Å². The molecule has 3 heterocycles. The number of nitrogens with zero attached hydrogens (tertiary/aromatic N) is 3. The highest BCUT2D eigenvalue weighted by Gasteiger charge is 2.27. The number of carbonyl (C=O) groups excluding carboxylic acids is 1. The van der Waals surface area contributed by atoms with Crippen LogP contribution in [-0.4, -0.2) is 33.6 Å². The molecule has 0 bridgehead atoms. The third-order valence-electron chi connectivity index (χ3n) is 6.25. The van der Waals surface area contributed by atoms with Gasteiger partial charge in [-0.05, 0) is 69.0 Å². The van der Waals surface area contributed by atoms with Crippen LogP contribution in [0.4, 0.5) is 9.18 Å². The topological polar surface area (TPSA) is 50.2 Å². The second-order valence-corrected chi connectivity index (χ2v) is 10.3. The summed E-state index contributed by atoms with van der Waals surface area (Å²) in [5.41, 5.74) is 4.43. The number of benzene rings is 2. The standard InChI is InChI=1S/C27H22BrCl2FN4O/c28-22-13-20-21-16-34(10-1-2-17-3-5-19(29)6-4-17)11-8-24(21)35(25(20)14-23(22)31)27(36)33-15-18-7-9-32-26(30)12-18/h1-7,9,12-14H,8,10-11,15-16H2,(H,33,36). The molecular weight excluding hydrogens is 566 g/mol. The first-order valence-electron chi connectivity index (χ1n) is 11.4. The van der Waals surface area contributed by atoms with Crippen molar-refractivity contribution in [3.05, 3.63) is 104 Å². The Balaban J connectivity index is 1.40. The van der Waals surface area contributed by atoms with Gasteiger partial charge in [-0.1, -0.05) is 47.5 Å². The van der Waals surface area contributed by atoms with Crippen LogP contribution in [0.3, 0.4) is 0 Å². The number of hydrogen-bond donors (Lipinski definition) is 1. The van der Waals surface area contributed by atoms with Gasteiger partial charge in [0, 0.05) is 54.9 Å². The lowest BCUT2D eigenvalue weighted by Crippen LogP contribution is -2.34. The highest BCUT2D eigenvalue weighted by atomic mass is 79.9. The van der Waals surface area contributed by atoms with Crippen LogP contribution >= 0.6 is 39.1 Å². The second kappa shape index (κ2) is 10.7. The molecular formula is C27H22BrCl2FN4O. The van der Waals surface area contributed by atoms with Gasteiger partial charge in [-0.2, -0.15) is 0 Å². The smallest absolute Gasteiger partial charge is 0.326 e. The highest BCUT2D eigenvalue weighted by Crippen LogP contribution is 2.34. The van der Waals surface area contributed by atoms with Gasteiger partial charge in [0.1, 0.15) is 11.0 Å². The van der Waals surface area contributed by atoms with Crippen LogP contribution < -0.4 is 5.32 Å². The molecule has 1 amide bonds. The molecule has 4 aromatic rings. The van der Waals surface area contributed by atoms with E-state index in [9.17, 15) is 9.18 Å². The minimum absolute atomic E-state index is 0.288. The van der Waals surface area contributed by atoms with E-state index in [1.165, 1.54) is 6.07 Å². The fourth-order valence-corrected chi connectivity index (χ4v) is 5.18. The summed E-state index contributed by atoms with van der Waals surface area (Å²) >= 11 is 15.2. The minimum Gasteiger partial charge on any atom is -0.333 e. The van der Waals surface area contributed by atoms with Gasteiger partial charge in [0.2, 0.25) is 0 Å². The fraction of sp³-hybridized carbons (Fsp3) is 0.185. The molecule has 9 heteroatoms. The Bertz CT molecular complexity index is 1470. The van der Waals surface area contributed by atoms with Crippen molar-refractivity contribution in [1.29, 1.82) is 0 Å². The third kappa shape index (κ3) is 5.34. The van der Waals surface area contributed by atoms with Crippen LogP contribution in [-0.2, 0) is 19.5 Å². The van der Waals surface area contributed by atoms with Gasteiger partial charge in [0.05, 0.1) is 9.99 Å². The summed E-state index contributed by atoms with van der Waals surface area (Å²) in [6.45, 7) is 2.49. The van der Waals surface area contributed by atoms with Gasteiger partial charge in [0.15, 0.2) is 0 Å². The van der Waals surface area contributed by atoms with Crippen molar-refractivity contribution in [1.82, 2.24) is 19.8 Å². The molecule has 184 valence electrons. The summed E-state index contributed by atoms with van der Waals surface area (Å²) in [4.78, 5) is 19.6. The Morgan fingerprint density at radius 3 is 2.75 bits per heavy atom. The van der Waals surface area contributed by atoms with E-state index in [1.807, 2.05) is 24.3 Å². The minimum atomic E-state index is -0.407. The Kier molecular flexibility index (Phi) is 7.44. The van der Waals surface area contributed by atoms with Gasteiger partial charge >= 0.3 is 6.03 Å². The molecule has 36 heavy (non-hydrogen) atoms. The maximum atomic E-state index is 14.5. The molecule has 1 aliphatic rings. The summed E-state index contributed by atoms with van der Waals surface area (Å²) in [7, 11) is 0. The summed E-state index contributed by atoms with van der Waals surface area (Å²) in [6.07, 6.45) is 6.46. The molecule has 1 N–H and O–H groups in total. The van der Waals surface area contributed by atoms with E-state index in [2.05, 4.69) is 43.3 Å². The predicted octanol–water partition coefficient (Wildman–Crippen LogP) is 7.07. The maximum absolute atomic E-state index is 14.5. The zero-order valence-electron chi connectivity index (χ0n) is 19.1. The highest BCUT2D eigenvalue weighted by molar-refractivity contribution is 9.10. The van der Waals surface area contributed by atoms with E-state index in [1.54, 1.807) is 29.0 Å². The number of fused-ring (bicyclic) bond motifs is 3. The summed E-state index contributed by atoms with van der Waals surface area (Å²) < 4.78 is 16.5. The Morgan fingerprint density at radius 1 is 1.17 bits per heavy atom. The van der Waals surface area contributed by atoms with Crippen LogP contribution in [0.5, 0.6) is 0 Å². The van der Waals surface area contributed by atoms with Crippen LogP contribution in [0, 0.1) is 5.82 Å². The number of amides is 1. The summed E-state index contributed by atoms with van der Waals surface area (Å²) in [5, 5.41) is 4.88. The molecule has 1 aliphatic heterocycles. The normalized spacial score (nSPS) is 13.9. The van der Waals surface area contributed by atoms with Gasteiger partial charge in [0.25, 0.3) is 0 Å². The van der Waals surface area contributed by atoms with Crippen LogP contribution in [0.25, 0.3) is 17.0 Å². The van der Waals surface area contributed by atoms with Gasteiger partial charge in [-0.3, -0.25) is 9.47 Å². The molecule has 5 nitrogen and oxygen atoms in total. The number of rotatable bonds is 5. The maximum Gasteiger partial charge on any atom is 0.326 e. The first-order chi connectivity index (χ1) is 17.4. The van der Waals surface area contributed by atoms with Gasteiger partial charge in [-0.15, -0.1) is 0 Å². The van der Waals surface area contributed by atoms with E-state index in [0.29, 0.717) is 33.1 Å². The molecule has 0 radical (unpaired) electrons. The van der Waals surface area contributed by atoms with Crippen molar-refractivity contribution in [2.45, 2.75) is 19.5 Å². The number of nitrogens with one attached hydrogen (secondary N) is 1. The molecule has 0 saturated carbocycles. The lowest BCUT2D eigenvalue weighted by molar-refractivity contribution is 0.240. The zero-order chi connectivity index (χ0) is 25.2.